The maximum absolute atomic E-state index is 5.06. The van der Waals surface area contributed by atoms with Crippen LogP contribution >= 0.6 is 0 Å². The average molecular weight is 438 g/mol. The summed E-state index contributed by atoms with van der Waals surface area (Å²) >= 11 is 0. The number of fused-ring (bicyclic) bond motifs is 1. The number of nitrogens with one attached hydrogen (secondary N) is 1. The van der Waals surface area contributed by atoms with Crippen LogP contribution in [-0.4, -0.2) is 52.0 Å². The van der Waals surface area contributed by atoms with Crippen LogP contribution < -0.4 is 10.8 Å². The van der Waals surface area contributed by atoms with Crippen molar-refractivity contribution in [1.82, 2.24) is 24.5 Å². The lowest BCUT2D eigenvalue weighted by atomic mass is 9.93. The number of aromatic nitrogens is 4. The third-order valence-corrected chi connectivity index (χ3v) is 6.57. The summed E-state index contributed by atoms with van der Waals surface area (Å²) in [4.78, 5) is 11.9. The number of aryl methyl sites for hydroxylation is 1. The Kier molecular flexibility index (Phi) is 6.67. The van der Waals surface area contributed by atoms with Crippen molar-refractivity contribution in [2.45, 2.75) is 38.1 Å². The van der Waals surface area contributed by atoms with Crippen molar-refractivity contribution in [1.29, 1.82) is 0 Å². The summed E-state index contributed by atoms with van der Waals surface area (Å²) < 4.78 is 1.93. The molecule has 0 aliphatic carbocycles. The van der Waals surface area contributed by atoms with E-state index in [-0.39, 0.29) is 0 Å². The molecule has 1 saturated heterocycles. The summed E-state index contributed by atoms with van der Waals surface area (Å²) in [6.45, 7) is 4.12. The zero-order valence-electron chi connectivity index (χ0n) is 19.3. The highest BCUT2D eigenvalue weighted by Gasteiger charge is 2.24. The van der Waals surface area contributed by atoms with E-state index in [9.17, 15) is 0 Å². The second-order valence-corrected chi connectivity index (χ2v) is 9.07. The lowest BCUT2D eigenvalue weighted by Crippen LogP contribution is -2.35. The molecule has 1 aromatic carbocycles. The molecule has 0 spiro atoms. The fourth-order valence-corrected chi connectivity index (χ4v) is 4.77. The Labute approximate surface area is 196 Å². The zero-order chi connectivity index (χ0) is 22.5. The van der Waals surface area contributed by atoms with Crippen LogP contribution in [0.1, 0.15) is 42.0 Å². The minimum atomic E-state index is 0.453. The minimum absolute atomic E-state index is 0.453. The number of hydrogen-bond donors (Lipinski definition) is 1. The first kappa shape index (κ1) is 21.6. The Balaban J connectivity index is 1.29. The Hall–Kier alpha value is -3.19. The van der Waals surface area contributed by atoms with Crippen LogP contribution in [0.3, 0.4) is 0 Å². The van der Waals surface area contributed by atoms with Gasteiger partial charge in [-0.3, -0.25) is 4.98 Å². The molecule has 6 nitrogen and oxygen atoms in total. The summed E-state index contributed by atoms with van der Waals surface area (Å²) in [7, 11) is 2.08. The second kappa shape index (κ2) is 10.2. The van der Waals surface area contributed by atoms with Crippen molar-refractivity contribution in [2.75, 3.05) is 25.0 Å². The fraction of sp³-hybridized carbons (Fsp3) is 0.346. The number of hydrogen-bond acceptors (Lipinski definition) is 5. The van der Waals surface area contributed by atoms with E-state index in [2.05, 4.69) is 70.6 Å². The summed E-state index contributed by atoms with van der Waals surface area (Å²) in [5.41, 5.74) is 5.81. The van der Waals surface area contributed by atoms with Gasteiger partial charge in [-0.2, -0.15) is 9.61 Å². The Morgan fingerprint density at radius 3 is 2.79 bits per heavy atom. The van der Waals surface area contributed by atoms with Crippen LogP contribution in [0.15, 0.2) is 67.1 Å². The van der Waals surface area contributed by atoms with Crippen molar-refractivity contribution < 1.29 is 0 Å². The van der Waals surface area contributed by atoms with Crippen LogP contribution in [0.25, 0.3) is 5.65 Å². The first-order valence-corrected chi connectivity index (χ1v) is 12.0. The van der Waals surface area contributed by atoms with E-state index >= 15 is 0 Å². The molecule has 168 valence electrons. The minimum Gasteiger partial charge on any atom is -0.366 e. The molecule has 1 N–H and O–H groups in total. The molecule has 1 atom stereocenters. The van der Waals surface area contributed by atoms with Gasteiger partial charge in [0, 0.05) is 43.7 Å². The third kappa shape index (κ3) is 5.25. The highest BCUT2D eigenvalue weighted by atomic mass is 15.3. The van der Waals surface area contributed by atoms with Gasteiger partial charge in [0.25, 0.3) is 0 Å². The highest BCUT2D eigenvalue weighted by molar-refractivity contribution is 6.36. The molecular weight excluding hydrogens is 407 g/mol. The normalized spacial score (nSPS) is 16.8. The number of likely N-dealkylation sites (tertiary alicyclic amines) is 1. The van der Waals surface area contributed by atoms with Gasteiger partial charge in [-0.05, 0) is 61.4 Å². The molecule has 3 aromatic heterocycles. The fourth-order valence-electron chi connectivity index (χ4n) is 4.77. The van der Waals surface area contributed by atoms with Gasteiger partial charge in [0.15, 0.2) is 5.65 Å². The number of rotatable bonds is 8. The van der Waals surface area contributed by atoms with E-state index < -0.39 is 0 Å². The summed E-state index contributed by atoms with van der Waals surface area (Å²) in [5.74, 6) is 1.45. The van der Waals surface area contributed by atoms with Gasteiger partial charge in [-0.15, -0.1) is 0 Å². The lowest BCUT2D eigenvalue weighted by molar-refractivity contribution is 0.204. The van der Waals surface area contributed by atoms with Crippen LogP contribution in [0.2, 0.25) is 0 Å². The SMILES string of the molecule is Bc1cnn2c(NCc3cccnc3)cc(C3CCCN(CCCc4ccccc4)C3)nc12. The monoisotopic (exact) mass is 438 g/mol. The van der Waals surface area contributed by atoms with Crippen molar-refractivity contribution >= 4 is 24.8 Å². The van der Waals surface area contributed by atoms with Gasteiger partial charge in [0.2, 0.25) is 0 Å². The predicted octanol–water partition coefficient (Wildman–Crippen LogP) is 2.81. The lowest BCUT2D eigenvalue weighted by Gasteiger charge is -2.32. The molecule has 0 amide bonds. The van der Waals surface area contributed by atoms with E-state index in [1.165, 1.54) is 37.1 Å². The Bertz CT molecular complexity index is 1180. The topological polar surface area (TPSA) is 58.4 Å². The first-order valence-electron chi connectivity index (χ1n) is 12.0. The molecule has 4 aromatic rings. The maximum Gasteiger partial charge on any atom is 0.151 e. The zero-order valence-corrected chi connectivity index (χ0v) is 19.3. The number of nitrogens with zero attached hydrogens (tertiary/aromatic N) is 5. The summed E-state index contributed by atoms with van der Waals surface area (Å²) in [5, 5.41) is 8.13. The van der Waals surface area contributed by atoms with Crippen molar-refractivity contribution in [3.05, 3.63) is 83.9 Å². The van der Waals surface area contributed by atoms with Gasteiger partial charge in [-0.25, -0.2) is 4.98 Å². The molecule has 1 aliphatic heterocycles. The van der Waals surface area contributed by atoms with Crippen molar-refractivity contribution in [3.8, 4) is 0 Å². The molecule has 0 bridgehead atoms. The van der Waals surface area contributed by atoms with E-state index in [0.717, 1.165) is 42.0 Å². The van der Waals surface area contributed by atoms with Crippen LogP contribution in [0, 0.1) is 0 Å². The summed E-state index contributed by atoms with van der Waals surface area (Å²) in [6, 6.07) is 17.1. The molecule has 0 saturated carbocycles. The predicted molar refractivity (Wildman–Crippen MR) is 136 cm³/mol. The van der Waals surface area contributed by atoms with E-state index in [0.29, 0.717) is 12.5 Å². The maximum atomic E-state index is 5.06. The Morgan fingerprint density at radius 2 is 1.94 bits per heavy atom. The smallest absolute Gasteiger partial charge is 0.151 e. The van der Waals surface area contributed by atoms with Gasteiger partial charge < -0.3 is 10.2 Å². The molecular formula is C26H31BN6. The number of piperidine rings is 1. The molecule has 0 radical (unpaired) electrons. The van der Waals surface area contributed by atoms with E-state index in [4.69, 9.17) is 4.98 Å². The molecule has 1 fully saturated rings. The molecule has 33 heavy (non-hydrogen) atoms. The van der Waals surface area contributed by atoms with Crippen molar-refractivity contribution in [3.63, 3.8) is 0 Å². The van der Waals surface area contributed by atoms with Gasteiger partial charge in [0.1, 0.15) is 13.7 Å². The molecule has 1 aliphatic rings. The quantitative estimate of drug-likeness (QED) is 0.429. The van der Waals surface area contributed by atoms with Gasteiger partial charge in [0.05, 0.1) is 5.69 Å². The second-order valence-electron chi connectivity index (χ2n) is 9.07. The van der Waals surface area contributed by atoms with Crippen molar-refractivity contribution in [2.24, 2.45) is 0 Å². The highest BCUT2D eigenvalue weighted by Crippen LogP contribution is 2.28. The first-order chi connectivity index (χ1) is 16.3. The molecule has 4 heterocycles. The number of benzene rings is 1. The van der Waals surface area contributed by atoms with Gasteiger partial charge >= 0.3 is 0 Å². The van der Waals surface area contributed by atoms with Crippen LogP contribution in [-0.2, 0) is 13.0 Å². The molecule has 7 heteroatoms. The summed E-state index contributed by atoms with van der Waals surface area (Å²) in [6.07, 6.45) is 10.4. The number of pyridine rings is 1. The Morgan fingerprint density at radius 1 is 1.06 bits per heavy atom. The van der Waals surface area contributed by atoms with E-state index in [1.807, 2.05) is 23.0 Å². The third-order valence-electron chi connectivity index (χ3n) is 6.57. The molecule has 5 rings (SSSR count). The number of anilines is 1. The largest absolute Gasteiger partial charge is 0.366 e. The van der Waals surface area contributed by atoms with Crippen LogP contribution in [0.5, 0.6) is 0 Å². The van der Waals surface area contributed by atoms with Crippen LogP contribution in [0.4, 0.5) is 5.82 Å². The average Bonchev–Trinajstić information content (AvgIpc) is 3.25. The standard InChI is InChI=1S/C26H31BN6/c27-23-18-30-33-25(29-17-21-9-4-12-28-16-21)15-24(31-26(23)33)22-11-6-14-32(19-22)13-5-10-20-7-2-1-3-8-20/h1-4,7-9,12,15-16,18,22,29H,5-6,10-11,13-14,17,19,27H2. The molecule has 1 unspecified atom stereocenters. The van der Waals surface area contributed by atoms with Gasteiger partial charge in [-0.1, -0.05) is 36.4 Å². The van der Waals surface area contributed by atoms with E-state index in [1.54, 1.807) is 6.20 Å².